The first-order valence-electron chi connectivity index (χ1n) is 5.70. The molecule has 0 saturated carbocycles. The van der Waals surface area contributed by atoms with Gasteiger partial charge in [0.2, 0.25) is 0 Å². The Morgan fingerprint density at radius 3 is 3.18 bits per heavy atom. The van der Waals surface area contributed by atoms with Crippen LogP contribution in [-0.4, -0.2) is 46.3 Å². The maximum atomic E-state index is 4.99. The van der Waals surface area contributed by atoms with Gasteiger partial charge in [0.1, 0.15) is 0 Å². The standard InChI is InChI=1S/C10H16N4S3/c1-8-11-4-2-5-14(8)6-3-7-16-10-13-12-9(15)17-10/h2-7H2,1H3,(H,12,15). The van der Waals surface area contributed by atoms with Crippen LogP contribution < -0.4 is 0 Å². The molecule has 7 heteroatoms. The zero-order valence-electron chi connectivity index (χ0n) is 9.81. The first-order chi connectivity index (χ1) is 8.25. The molecule has 2 rings (SSSR count). The minimum Gasteiger partial charge on any atom is -0.361 e. The van der Waals surface area contributed by atoms with Crippen LogP contribution in [0.2, 0.25) is 0 Å². The van der Waals surface area contributed by atoms with E-state index < -0.39 is 0 Å². The van der Waals surface area contributed by atoms with E-state index in [0.29, 0.717) is 0 Å². The average Bonchev–Trinajstić information content (AvgIpc) is 2.73. The first-order valence-corrected chi connectivity index (χ1v) is 7.91. The van der Waals surface area contributed by atoms with Crippen LogP contribution in [0.4, 0.5) is 0 Å². The molecule has 1 aliphatic rings. The number of nitrogens with one attached hydrogen (secondary N) is 1. The van der Waals surface area contributed by atoms with Crippen LogP contribution in [0.5, 0.6) is 0 Å². The summed E-state index contributed by atoms with van der Waals surface area (Å²) in [5.41, 5.74) is 0. The second kappa shape index (κ2) is 6.51. The number of thioether (sulfide) groups is 1. The van der Waals surface area contributed by atoms with Gasteiger partial charge >= 0.3 is 0 Å². The number of aliphatic imine (C=N–C) groups is 1. The van der Waals surface area contributed by atoms with Gasteiger partial charge in [-0.25, -0.2) is 0 Å². The van der Waals surface area contributed by atoms with Crippen molar-refractivity contribution >= 4 is 41.2 Å². The summed E-state index contributed by atoms with van der Waals surface area (Å²) >= 11 is 8.31. The lowest BCUT2D eigenvalue weighted by atomic mass is 10.3. The molecule has 94 valence electrons. The Balaban J connectivity index is 1.68. The Bertz CT molecular complexity index is 437. The van der Waals surface area contributed by atoms with Crippen LogP contribution in [0.15, 0.2) is 9.33 Å². The van der Waals surface area contributed by atoms with Crippen molar-refractivity contribution < 1.29 is 0 Å². The van der Waals surface area contributed by atoms with Gasteiger partial charge in [-0.3, -0.25) is 10.1 Å². The molecule has 0 amide bonds. The Morgan fingerprint density at radius 2 is 2.47 bits per heavy atom. The second-order valence-corrected chi connectivity index (χ2v) is 6.86. The third-order valence-electron chi connectivity index (χ3n) is 2.60. The molecule has 17 heavy (non-hydrogen) atoms. The lowest BCUT2D eigenvalue weighted by molar-refractivity contribution is 0.392. The highest BCUT2D eigenvalue weighted by Gasteiger charge is 2.10. The smallest absolute Gasteiger partial charge is 0.177 e. The van der Waals surface area contributed by atoms with E-state index in [1.807, 2.05) is 0 Å². The molecule has 0 radical (unpaired) electrons. The number of hydrogen-bond donors (Lipinski definition) is 1. The average molecular weight is 288 g/mol. The third-order valence-corrected chi connectivity index (χ3v) is 4.92. The molecule has 0 fully saturated rings. The largest absolute Gasteiger partial charge is 0.361 e. The molecule has 4 nitrogen and oxygen atoms in total. The summed E-state index contributed by atoms with van der Waals surface area (Å²) in [4.78, 5) is 6.83. The van der Waals surface area contributed by atoms with E-state index in [9.17, 15) is 0 Å². The quantitative estimate of drug-likeness (QED) is 0.514. The van der Waals surface area contributed by atoms with E-state index in [1.54, 1.807) is 23.1 Å². The van der Waals surface area contributed by atoms with Gasteiger partial charge in [-0.15, -0.1) is 0 Å². The van der Waals surface area contributed by atoms with Gasteiger partial charge in [-0.2, -0.15) is 5.10 Å². The highest BCUT2D eigenvalue weighted by atomic mass is 32.2. The summed E-state index contributed by atoms with van der Waals surface area (Å²) in [6, 6.07) is 0. The van der Waals surface area contributed by atoms with Crippen LogP contribution in [0.1, 0.15) is 19.8 Å². The predicted octanol–water partition coefficient (Wildman–Crippen LogP) is 2.81. The molecule has 0 unspecified atom stereocenters. The number of amidine groups is 1. The molecule has 1 N–H and O–H groups in total. The van der Waals surface area contributed by atoms with Crippen LogP contribution in [0, 0.1) is 3.95 Å². The summed E-state index contributed by atoms with van der Waals surface area (Å²) in [5.74, 6) is 2.27. The minimum absolute atomic E-state index is 0.756. The topological polar surface area (TPSA) is 44.3 Å². The lowest BCUT2D eigenvalue weighted by Gasteiger charge is -2.27. The van der Waals surface area contributed by atoms with Crippen molar-refractivity contribution in [1.82, 2.24) is 15.1 Å². The number of aromatic nitrogens is 2. The van der Waals surface area contributed by atoms with E-state index in [0.717, 1.165) is 40.1 Å². The zero-order chi connectivity index (χ0) is 12.1. The molecule has 1 aromatic heterocycles. The van der Waals surface area contributed by atoms with Gasteiger partial charge < -0.3 is 4.90 Å². The number of nitrogens with zero attached hydrogens (tertiary/aromatic N) is 3. The highest BCUT2D eigenvalue weighted by molar-refractivity contribution is 8.01. The predicted molar refractivity (Wildman–Crippen MR) is 76.8 cm³/mol. The molecule has 0 spiro atoms. The molecule has 1 aliphatic heterocycles. The van der Waals surface area contributed by atoms with Crippen LogP contribution >= 0.6 is 35.3 Å². The molecular formula is C10H16N4S3. The lowest BCUT2D eigenvalue weighted by Crippen LogP contribution is -2.34. The van der Waals surface area contributed by atoms with E-state index in [1.165, 1.54) is 12.3 Å². The van der Waals surface area contributed by atoms with Crippen LogP contribution in [0.3, 0.4) is 0 Å². The van der Waals surface area contributed by atoms with Gasteiger partial charge in [0.05, 0.1) is 5.84 Å². The number of H-pyrrole nitrogens is 1. The van der Waals surface area contributed by atoms with Crippen molar-refractivity contribution in [2.75, 3.05) is 25.4 Å². The summed E-state index contributed by atoms with van der Waals surface area (Å²) in [5, 5.41) is 6.93. The number of rotatable bonds is 5. The number of hydrogen-bond acceptors (Lipinski definition) is 6. The van der Waals surface area contributed by atoms with Crippen molar-refractivity contribution in [2.24, 2.45) is 4.99 Å². The first kappa shape index (κ1) is 13.0. The molecule has 0 atom stereocenters. The number of aromatic amines is 1. The van der Waals surface area contributed by atoms with E-state index in [2.05, 4.69) is 27.0 Å². The second-order valence-electron chi connectivity index (χ2n) is 3.85. The Hall–Kier alpha value is -0.400. The SMILES string of the molecule is CC1=NCCCN1CCCSc1n[nH]c(=S)s1. The summed E-state index contributed by atoms with van der Waals surface area (Å²) in [6.45, 7) is 5.35. The molecule has 0 bridgehead atoms. The third kappa shape index (κ3) is 4.08. The fourth-order valence-electron chi connectivity index (χ4n) is 1.73. The summed E-state index contributed by atoms with van der Waals surface area (Å²) in [7, 11) is 0. The molecule has 1 aromatic rings. The molecular weight excluding hydrogens is 272 g/mol. The fraction of sp³-hybridized carbons (Fsp3) is 0.700. The monoisotopic (exact) mass is 288 g/mol. The van der Waals surface area contributed by atoms with Gasteiger partial charge in [0.15, 0.2) is 8.29 Å². The normalized spacial score (nSPS) is 16.1. The Morgan fingerprint density at radius 1 is 1.59 bits per heavy atom. The van der Waals surface area contributed by atoms with Crippen LogP contribution in [-0.2, 0) is 0 Å². The van der Waals surface area contributed by atoms with Crippen molar-refractivity contribution in [3.63, 3.8) is 0 Å². The van der Waals surface area contributed by atoms with Crippen molar-refractivity contribution in [3.05, 3.63) is 3.95 Å². The van der Waals surface area contributed by atoms with Crippen molar-refractivity contribution in [2.45, 2.75) is 24.1 Å². The van der Waals surface area contributed by atoms with E-state index >= 15 is 0 Å². The highest BCUT2D eigenvalue weighted by Crippen LogP contribution is 2.21. The van der Waals surface area contributed by atoms with E-state index in [-0.39, 0.29) is 0 Å². The minimum atomic E-state index is 0.756. The molecule has 2 heterocycles. The summed E-state index contributed by atoms with van der Waals surface area (Å²) in [6.07, 6.45) is 2.34. The summed E-state index contributed by atoms with van der Waals surface area (Å²) < 4.78 is 1.80. The van der Waals surface area contributed by atoms with Crippen LogP contribution in [0.25, 0.3) is 0 Å². The zero-order valence-corrected chi connectivity index (χ0v) is 12.3. The Kier molecular flexibility index (Phi) is 4.99. The fourth-order valence-corrected chi connectivity index (χ4v) is 3.81. The van der Waals surface area contributed by atoms with Gasteiger partial charge in [-0.1, -0.05) is 23.1 Å². The molecule has 0 saturated heterocycles. The van der Waals surface area contributed by atoms with Crippen molar-refractivity contribution in [3.8, 4) is 0 Å². The maximum absolute atomic E-state index is 4.99. The molecule has 0 aromatic carbocycles. The van der Waals surface area contributed by atoms with E-state index in [4.69, 9.17) is 12.2 Å². The molecule has 0 aliphatic carbocycles. The van der Waals surface area contributed by atoms with Gasteiger partial charge in [-0.05, 0) is 32.0 Å². The van der Waals surface area contributed by atoms with Gasteiger partial charge in [0.25, 0.3) is 0 Å². The van der Waals surface area contributed by atoms with Crippen molar-refractivity contribution in [1.29, 1.82) is 0 Å². The van der Waals surface area contributed by atoms with Gasteiger partial charge in [0, 0.05) is 25.4 Å². The maximum Gasteiger partial charge on any atom is 0.177 e. The Labute approximate surface area is 115 Å².